The lowest BCUT2D eigenvalue weighted by atomic mass is 9.95. The van der Waals surface area contributed by atoms with Gasteiger partial charge in [-0.3, -0.25) is 0 Å². The van der Waals surface area contributed by atoms with E-state index in [2.05, 4.69) is 0 Å². The largest absolute Gasteiger partial charge is 0.322 e. The van der Waals surface area contributed by atoms with E-state index in [4.69, 9.17) is 17.5 Å². The number of halogens is 1. The Morgan fingerprint density at radius 3 is 1.81 bits per heavy atom. The molecule has 2 aromatic rings. The van der Waals surface area contributed by atoms with Crippen LogP contribution in [0.1, 0.15) is 23.2 Å². The molecule has 2 N–H and O–H groups in total. The number of nitrogens with zero attached hydrogens (tertiary/aromatic N) is 1. The van der Waals surface area contributed by atoms with Crippen molar-refractivity contribution in [3.8, 4) is 0 Å². The van der Waals surface area contributed by atoms with E-state index >= 15 is 0 Å². The van der Waals surface area contributed by atoms with Crippen LogP contribution in [0.4, 0.5) is 0 Å². The molecule has 2 atom stereocenters. The molecule has 6 heteroatoms. The van der Waals surface area contributed by atoms with Crippen LogP contribution in [0, 0.1) is 0 Å². The molecule has 0 saturated carbocycles. The molecule has 2 rings (SSSR count). The predicted molar refractivity (Wildman–Crippen MR) is 85.1 cm³/mol. The van der Waals surface area contributed by atoms with Crippen molar-refractivity contribution in [2.45, 2.75) is 12.1 Å². The van der Waals surface area contributed by atoms with Gasteiger partial charge in [-0.05, 0) is 22.9 Å². The van der Waals surface area contributed by atoms with Crippen molar-refractivity contribution < 1.29 is 8.42 Å². The summed E-state index contributed by atoms with van der Waals surface area (Å²) in [4.78, 5) is 0. The zero-order valence-electron chi connectivity index (χ0n) is 11.6. The Labute approximate surface area is 130 Å². The van der Waals surface area contributed by atoms with Crippen molar-refractivity contribution in [3.05, 3.63) is 71.8 Å². The average molecular weight is 325 g/mol. The third kappa shape index (κ3) is 3.83. The van der Waals surface area contributed by atoms with Crippen LogP contribution in [0.5, 0.6) is 0 Å². The second-order valence-electron chi connectivity index (χ2n) is 4.80. The van der Waals surface area contributed by atoms with Crippen LogP contribution in [0.2, 0.25) is 0 Å². The smallest absolute Gasteiger partial charge is 0.225 e. The van der Waals surface area contributed by atoms with E-state index in [-0.39, 0.29) is 0 Å². The zero-order valence-corrected chi connectivity index (χ0v) is 13.1. The highest BCUT2D eigenvalue weighted by atomic mass is 35.5. The van der Waals surface area contributed by atoms with Gasteiger partial charge < -0.3 is 5.73 Å². The van der Waals surface area contributed by atoms with Crippen molar-refractivity contribution in [1.82, 2.24) is 3.82 Å². The molecular weight excluding hydrogens is 308 g/mol. The van der Waals surface area contributed by atoms with Crippen LogP contribution in [0.3, 0.4) is 0 Å². The molecule has 0 aliphatic heterocycles. The summed E-state index contributed by atoms with van der Waals surface area (Å²) in [5.74, 6) is 0. The third-order valence-electron chi connectivity index (χ3n) is 3.20. The van der Waals surface area contributed by atoms with Crippen molar-refractivity contribution in [2.24, 2.45) is 5.73 Å². The van der Waals surface area contributed by atoms with Crippen LogP contribution >= 0.6 is 11.8 Å². The Morgan fingerprint density at radius 1 is 0.952 bits per heavy atom. The molecule has 21 heavy (non-hydrogen) atoms. The molecule has 4 nitrogen and oxygen atoms in total. The summed E-state index contributed by atoms with van der Waals surface area (Å²) in [5.41, 5.74) is 7.84. The first kappa shape index (κ1) is 16.0. The first-order chi connectivity index (χ1) is 9.91. The van der Waals surface area contributed by atoms with Crippen LogP contribution in [-0.2, 0) is 10.0 Å². The molecule has 0 fully saturated rings. The lowest BCUT2D eigenvalue weighted by Crippen LogP contribution is -2.33. The van der Waals surface area contributed by atoms with Gasteiger partial charge in [0, 0.05) is 0 Å². The molecule has 0 saturated heterocycles. The van der Waals surface area contributed by atoms with Gasteiger partial charge in [0.1, 0.15) is 0 Å². The molecule has 0 aliphatic rings. The lowest BCUT2D eigenvalue weighted by Gasteiger charge is -2.29. The van der Waals surface area contributed by atoms with Gasteiger partial charge in [-0.25, -0.2) is 8.42 Å². The molecule has 0 heterocycles. The molecule has 0 radical (unpaired) electrons. The lowest BCUT2D eigenvalue weighted by molar-refractivity contribution is 0.403. The fourth-order valence-corrected chi connectivity index (χ4v) is 3.06. The van der Waals surface area contributed by atoms with E-state index in [0.717, 1.165) is 21.2 Å². The summed E-state index contributed by atoms with van der Waals surface area (Å²) in [5, 5.41) is 0. The van der Waals surface area contributed by atoms with Gasteiger partial charge >= 0.3 is 0 Å². The van der Waals surface area contributed by atoms with E-state index in [0.29, 0.717) is 0 Å². The summed E-state index contributed by atoms with van der Waals surface area (Å²) in [6.45, 7) is 0. The monoisotopic (exact) mass is 324 g/mol. The number of nitrogens with two attached hydrogens (primary N) is 1. The molecule has 2 aromatic carbocycles. The molecule has 0 bridgehead atoms. The van der Waals surface area contributed by atoms with E-state index in [1.165, 1.54) is 0 Å². The minimum Gasteiger partial charge on any atom is -0.322 e. The highest BCUT2D eigenvalue weighted by Crippen LogP contribution is 2.35. The molecular formula is C15H17ClN2O2S. The van der Waals surface area contributed by atoms with Crippen molar-refractivity contribution in [2.75, 3.05) is 6.26 Å². The van der Waals surface area contributed by atoms with Crippen LogP contribution in [0.15, 0.2) is 60.7 Å². The molecule has 2 unspecified atom stereocenters. The Kier molecular flexibility index (Phi) is 5.00. The fourth-order valence-electron chi connectivity index (χ4n) is 2.16. The molecule has 112 valence electrons. The normalized spacial score (nSPS) is 14.9. The summed E-state index contributed by atoms with van der Waals surface area (Å²) in [6, 6.07) is 17.2. The minimum absolute atomic E-state index is 0.569. The molecule has 0 aromatic heterocycles. The van der Waals surface area contributed by atoms with Crippen molar-refractivity contribution >= 4 is 21.8 Å². The topological polar surface area (TPSA) is 63.4 Å². The van der Waals surface area contributed by atoms with Gasteiger partial charge in [-0.2, -0.15) is 0 Å². The van der Waals surface area contributed by atoms with Gasteiger partial charge in [0.05, 0.1) is 18.3 Å². The van der Waals surface area contributed by atoms with E-state index in [1.807, 2.05) is 60.7 Å². The first-order valence-corrected chi connectivity index (χ1v) is 8.60. The van der Waals surface area contributed by atoms with E-state index in [1.54, 1.807) is 0 Å². The maximum absolute atomic E-state index is 11.8. The quantitative estimate of drug-likeness (QED) is 0.860. The summed E-state index contributed by atoms with van der Waals surface area (Å²) < 4.78 is 24.4. The highest BCUT2D eigenvalue weighted by molar-refractivity contribution is 7.89. The maximum atomic E-state index is 11.8. The number of rotatable bonds is 5. The fraction of sp³-hybridized carbons (Fsp3) is 0.200. The summed E-state index contributed by atoms with van der Waals surface area (Å²) >= 11 is 6.07. The molecule has 0 spiro atoms. The van der Waals surface area contributed by atoms with Crippen LogP contribution in [-0.4, -0.2) is 18.5 Å². The van der Waals surface area contributed by atoms with Crippen molar-refractivity contribution in [3.63, 3.8) is 0 Å². The standard InChI is InChI=1S/C15H17ClN2O2S/c1-21(19,20)18(16)15(13-10-6-3-7-11-13)14(17)12-8-4-2-5-9-12/h2-11,14-15H,17H2,1H3. The summed E-state index contributed by atoms with van der Waals surface area (Å²) in [7, 11) is -3.58. The average Bonchev–Trinajstić information content (AvgIpc) is 2.48. The Morgan fingerprint density at radius 2 is 1.38 bits per heavy atom. The van der Waals surface area contributed by atoms with Gasteiger partial charge in [0.2, 0.25) is 10.0 Å². The minimum atomic E-state index is -3.58. The second kappa shape index (κ2) is 6.58. The zero-order chi connectivity index (χ0) is 15.5. The SMILES string of the molecule is CS(=O)(=O)N(Cl)C(c1ccccc1)C(N)c1ccccc1. The van der Waals surface area contributed by atoms with Gasteiger partial charge in [0.25, 0.3) is 0 Å². The van der Waals surface area contributed by atoms with Crippen molar-refractivity contribution in [1.29, 1.82) is 0 Å². The van der Waals surface area contributed by atoms with E-state index in [9.17, 15) is 8.42 Å². The van der Waals surface area contributed by atoms with E-state index < -0.39 is 22.1 Å². The first-order valence-electron chi connectivity index (χ1n) is 6.42. The Bertz CT molecular complexity index is 677. The Balaban J connectivity index is 2.46. The molecule has 0 amide bonds. The maximum Gasteiger partial charge on any atom is 0.225 e. The van der Waals surface area contributed by atoms with Crippen LogP contribution < -0.4 is 5.73 Å². The van der Waals surface area contributed by atoms with Gasteiger partial charge in [-0.15, -0.1) is 3.82 Å². The van der Waals surface area contributed by atoms with Crippen LogP contribution in [0.25, 0.3) is 0 Å². The third-order valence-corrected chi connectivity index (χ3v) is 5.02. The predicted octanol–water partition coefficient (Wildman–Crippen LogP) is 2.84. The van der Waals surface area contributed by atoms with Gasteiger partial charge in [0.15, 0.2) is 0 Å². The number of sulfonamides is 1. The summed E-state index contributed by atoms with van der Waals surface area (Å²) in [6.07, 6.45) is 1.06. The number of hydrogen-bond donors (Lipinski definition) is 1. The Hall–Kier alpha value is -1.40. The number of hydrogen-bond acceptors (Lipinski definition) is 3. The van der Waals surface area contributed by atoms with Gasteiger partial charge in [-0.1, -0.05) is 60.7 Å². The molecule has 0 aliphatic carbocycles. The highest BCUT2D eigenvalue weighted by Gasteiger charge is 2.32. The second-order valence-corrected chi connectivity index (χ2v) is 7.22. The number of benzene rings is 2.